The molecule has 5 N–H and O–H groups in total. The number of nitrogens with zero attached hydrogens (tertiary/aromatic N) is 4. The molecule has 1 heterocycles. The van der Waals surface area contributed by atoms with E-state index in [2.05, 4.69) is 41.5 Å². The minimum atomic E-state index is -4.04. The molecule has 148 valence electrons. The van der Waals surface area contributed by atoms with Crippen LogP contribution in [0.1, 0.15) is 19.4 Å². The fourth-order valence-corrected chi connectivity index (χ4v) is 4.35. The maximum atomic E-state index is 12.2. The standard InChI is InChI=1S/C15H14BrN7O2S.C2H6/c16-12-6-5-11(10-3-1-9(2-4-10)7-19-8-17)13(14(12)26(18,24)25)15-20-22-23-21-15;1-2/h1-6,8H,7H2,(H2,17,19)(H2,18,24,25)(H,20,21,22,23);1-2H3. The molecule has 0 radical (unpaired) electrons. The van der Waals surface area contributed by atoms with Crippen LogP contribution in [-0.2, 0) is 16.6 Å². The Labute approximate surface area is 171 Å². The van der Waals surface area contributed by atoms with Crippen LogP contribution in [0.4, 0.5) is 0 Å². The van der Waals surface area contributed by atoms with Gasteiger partial charge in [0.05, 0.1) is 18.4 Å². The molecule has 2 aromatic carbocycles. The highest BCUT2D eigenvalue weighted by Crippen LogP contribution is 2.38. The summed E-state index contributed by atoms with van der Waals surface area (Å²) in [6, 6.07) is 10.8. The number of hydrogen-bond acceptors (Lipinski definition) is 6. The van der Waals surface area contributed by atoms with Gasteiger partial charge in [-0.3, -0.25) is 4.99 Å². The first-order valence-electron chi connectivity index (χ1n) is 8.30. The molecule has 0 aliphatic carbocycles. The largest absolute Gasteiger partial charge is 0.390 e. The lowest BCUT2D eigenvalue weighted by molar-refractivity contribution is 0.597. The molecule has 0 bridgehead atoms. The summed E-state index contributed by atoms with van der Waals surface area (Å²) in [6.07, 6.45) is 1.25. The predicted molar refractivity (Wildman–Crippen MR) is 112 cm³/mol. The number of sulfonamides is 1. The minimum absolute atomic E-state index is 0.104. The number of aliphatic imine (C=N–C) groups is 1. The Bertz CT molecular complexity index is 1050. The van der Waals surface area contributed by atoms with Gasteiger partial charge in [0.15, 0.2) is 0 Å². The van der Waals surface area contributed by atoms with Crippen LogP contribution in [0.2, 0.25) is 0 Å². The van der Waals surface area contributed by atoms with Crippen molar-refractivity contribution in [3.05, 3.63) is 46.4 Å². The summed E-state index contributed by atoms with van der Waals surface area (Å²) in [7, 11) is -4.04. The number of primary sulfonamides is 1. The van der Waals surface area contributed by atoms with Crippen molar-refractivity contribution in [2.24, 2.45) is 15.9 Å². The molecular formula is C17H20BrN7O2S. The lowest BCUT2D eigenvalue weighted by Crippen LogP contribution is -2.15. The van der Waals surface area contributed by atoms with E-state index in [0.29, 0.717) is 16.6 Å². The van der Waals surface area contributed by atoms with E-state index in [9.17, 15) is 8.42 Å². The number of rotatable bonds is 5. The van der Waals surface area contributed by atoms with Crippen LogP contribution < -0.4 is 10.9 Å². The highest BCUT2D eigenvalue weighted by Gasteiger charge is 2.25. The Kier molecular flexibility index (Phi) is 7.38. The maximum Gasteiger partial charge on any atom is 0.239 e. The van der Waals surface area contributed by atoms with Gasteiger partial charge in [-0.2, -0.15) is 5.21 Å². The van der Waals surface area contributed by atoms with Crippen molar-refractivity contribution >= 4 is 32.3 Å². The summed E-state index contributed by atoms with van der Waals surface area (Å²) >= 11 is 3.24. The normalized spacial score (nSPS) is 11.3. The van der Waals surface area contributed by atoms with Crippen molar-refractivity contribution in [2.45, 2.75) is 25.3 Å². The zero-order valence-corrected chi connectivity index (χ0v) is 17.7. The van der Waals surface area contributed by atoms with Crippen LogP contribution >= 0.6 is 15.9 Å². The molecule has 0 unspecified atom stereocenters. The third-order valence-electron chi connectivity index (χ3n) is 3.61. The average molecular weight is 466 g/mol. The molecule has 1 aromatic heterocycles. The smallest absolute Gasteiger partial charge is 0.239 e. The van der Waals surface area contributed by atoms with Crippen LogP contribution in [0.25, 0.3) is 22.5 Å². The molecule has 3 aromatic rings. The molecule has 28 heavy (non-hydrogen) atoms. The van der Waals surface area contributed by atoms with Crippen LogP contribution in [0, 0.1) is 0 Å². The number of aromatic amines is 1. The van der Waals surface area contributed by atoms with E-state index in [-0.39, 0.29) is 16.3 Å². The van der Waals surface area contributed by atoms with E-state index in [1.54, 1.807) is 12.1 Å². The molecule has 3 rings (SSSR count). The van der Waals surface area contributed by atoms with Gasteiger partial charge in [0, 0.05) is 4.47 Å². The lowest BCUT2D eigenvalue weighted by Gasteiger charge is -2.13. The summed E-state index contributed by atoms with van der Waals surface area (Å²) in [5.74, 6) is 0.127. The molecule has 11 heteroatoms. The number of nitrogens with two attached hydrogens (primary N) is 2. The quantitative estimate of drug-likeness (QED) is 0.388. The third-order valence-corrected chi connectivity index (χ3v) is 5.52. The van der Waals surface area contributed by atoms with Gasteiger partial charge < -0.3 is 5.73 Å². The number of nitrogens with one attached hydrogen (secondary N) is 1. The monoisotopic (exact) mass is 465 g/mol. The van der Waals surface area contributed by atoms with Crippen LogP contribution in [0.5, 0.6) is 0 Å². The summed E-state index contributed by atoms with van der Waals surface area (Å²) < 4.78 is 24.6. The molecule has 0 spiro atoms. The van der Waals surface area contributed by atoms with Gasteiger partial charge in [-0.15, -0.1) is 10.2 Å². The van der Waals surface area contributed by atoms with Crippen LogP contribution in [-0.4, -0.2) is 35.4 Å². The van der Waals surface area contributed by atoms with Gasteiger partial charge in [0.2, 0.25) is 15.8 Å². The van der Waals surface area contributed by atoms with Crippen molar-refractivity contribution in [1.29, 1.82) is 0 Å². The second kappa shape index (κ2) is 9.53. The van der Waals surface area contributed by atoms with Crippen molar-refractivity contribution in [1.82, 2.24) is 20.6 Å². The maximum absolute atomic E-state index is 12.2. The summed E-state index contributed by atoms with van der Waals surface area (Å²) in [5.41, 5.74) is 7.85. The van der Waals surface area contributed by atoms with E-state index >= 15 is 0 Å². The number of benzene rings is 2. The Morgan fingerprint density at radius 2 is 1.86 bits per heavy atom. The molecule has 9 nitrogen and oxygen atoms in total. The number of hydrogen-bond donors (Lipinski definition) is 3. The van der Waals surface area contributed by atoms with Crippen LogP contribution in [0.15, 0.2) is 50.8 Å². The van der Waals surface area contributed by atoms with Gasteiger partial charge in [0.25, 0.3) is 0 Å². The highest BCUT2D eigenvalue weighted by atomic mass is 79.9. The molecule has 0 fully saturated rings. The van der Waals surface area contributed by atoms with Gasteiger partial charge in [-0.1, -0.05) is 44.2 Å². The molecule has 0 saturated carbocycles. The first kappa shape index (κ1) is 21.7. The van der Waals surface area contributed by atoms with E-state index in [0.717, 1.165) is 11.1 Å². The SMILES string of the molecule is CC.NC=NCc1ccc(-c2ccc(Br)c(S(N)(=O)=O)c2-c2nn[nH]n2)cc1. The van der Waals surface area contributed by atoms with Gasteiger partial charge in [0.1, 0.15) is 4.90 Å². The van der Waals surface area contributed by atoms with Crippen molar-refractivity contribution in [3.63, 3.8) is 0 Å². The van der Waals surface area contributed by atoms with Crippen molar-refractivity contribution in [3.8, 4) is 22.5 Å². The molecule has 0 aliphatic heterocycles. The number of H-pyrrole nitrogens is 1. The van der Waals surface area contributed by atoms with E-state index in [1.165, 1.54) is 6.34 Å². The third kappa shape index (κ3) is 4.80. The van der Waals surface area contributed by atoms with E-state index in [1.807, 2.05) is 38.1 Å². The molecule has 0 amide bonds. The van der Waals surface area contributed by atoms with Crippen LogP contribution in [0.3, 0.4) is 0 Å². The predicted octanol–water partition coefficient (Wildman–Crippen LogP) is 2.46. The van der Waals surface area contributed by atoms with E-state index < -0.39 is 10.0 Å². The number of halogens is 1. The average Bonchev–Trinajstić information content (AvgIpc) is 3.22. The number of tetrazole rings is 1. The molecule has 0 atom stereocenters. The molecular weight excluding hydrogens is 446 g/mol. The Balaban J connectivity index is 0.00000136. The highest BCUT2D eigenvalue weighted by molar-refractivity contribution is 9.10. The Morgan fingerprint density at radius 3 is 2.39 bits per heavy atom. The number of aromatic nitrogens is 4. The second-order valence-corrected chi connectivity index (χ2v) is 7.62. The zero-order chi connectivity index (χ0) is 20.7. The first-order valence-corrected chi connectivity index (χ1v) is 10.6. The summed E-state index contributed by atoms with van der Waals surface area (Å²) in [5, 5.41) is 19.1. The topological polar surface area (TPSA) is 153 Å². The second-order valence-electron chi connectivity index (χ2n) is 5.27. The van der Waals surface area contributed by atoms with Crippen molar-refractivity contribution in [2.75, 3.05) is 0 Å². The lowest BCUT2D eigenvalue weighted by atomic mass is 9.98. The first-order chi connectivity index (χ1) is 13.4. The molecule has 0 saturated heterocycles. The Hall–Kier alpha value is -2.63. The fraction of sp³-hybridized carbons (Fsp3) is 0.176. The molecule has 0 aliphatic rings. The van der Waals surface area contributed by atoms with Crippen molar-refractivity contribution < 1.29 is 8.42 Å². The minimum Gasteiger partial charge on any atom is -0.390 e. The summed E-state index contributed by atoms with van der Waals surface area (Å²) in [4.78, 5) is 3.88. The van der Waals surface area contributed by atoms with Gasteiger partial charge in [-0.25, -0.2) is 13.6 Å². The summed E-state index contributed by atoms with van der Waals surface area (Å²) in [6.45, 7) is 4.46. The van der Waals surface area contributed by atoms with Gasteiger partial charge >= 0.3 is 0 Å². The van der Waals surface area contributed by atoms with E-state index in [4.69, 9.17) is 10.9 Å². The zero-order valence-electron chi connectivity index (χ0n) is 15.3. The fourth-order valence-electron chi connectivity index (χ4n) is 2.51. The van der Waals surface area contributed by atoms with Gasteiger partial charge in [-0.05, 0) is 43.9 Å². The Morgan fingerprint density at radius 1 is 1.18 bits per heavy atom.